The highest BCUT2D eigenvalue weighted by Gasteiger charge is 2.19. The smallest absolute Gasteiger partial charge is 0.337 e. The average molecular weight is 378 g/mol. The van der Waals surface area contributed by atoms with E-state index in [1.54, 1.807) is 12.1 Å². The molecule has 26 heavy (non-hydrogen) atoms. The normalized spacial score (nSPS) is 17.6. The van der Waals surface area contributed by atoms with Crippen LogP contribution in [0.5, 0.6) is 0 Å². The molecule has 1 aromatic rings. The molecule has 1 atom stereocenters. The lowest BCUT2D eigenvalue weighted by molar-refractivity contribution is 0.0601. The van der Waals surface area contributed by atoms with Crippen LogP contribution in [0, 0.1) is 6.92 Å². The molecule has 0 unspecified atom stereocenters. The fourth-order valence-corrected chi connectivity index (χ4v) is 3.68. The molecule has 1 aliphatic rings. The molecule has 144 valence electrons. The molecular formula is C20H31N3O2S. The second kappa shape index (κ2) is 10.5. The molecule has 1 saturated heterocycles. The van der Waals surface area contributed by atoms with Gasteiger partial charge >= 0.3 is 5.97 Å². The largest absolute Gasteiger partial charge is 0.465 e. The van der Waals surface area contributed by atoms with Crippen LogP contribution in [0.3, 0.4) is 0 Å². The van der Waals surface area contributed by atoms with Crippen molar-refractivity contribution in [3.05, 3.63) is 29.3 Å². The molecule has 0 aliphatic carbocycles. The fourth-order valence-electron chi connectivity index (χ4n) is 3.47. The first-order valence-electron chi connectivity index (χ1n) is 9.53. The maximum Gasteiger partial charge on any atom is 0.337 e. The van der Waals surface area contributed by atoms with E-state index in [2.05, 4.69) is 22.5 Å². The van der Waals surface area contributed by atoms with Crippen LogP contribution >= 0.6 is 12.2 Å². The topological polar surface area (TPSA) is 53.6 Å². The number of rotatable bonds is 7. The Balaban J connectivity index is 1.77. The second-order valence-corrected chi connectivity index (χ2v) is 7.26. The highest BCUT2D eigenvalue weighted by Crippen LogP contribution is 2.19. The summed E-state index contributed by atoms with van der Waals surface area (Å²) in [5.41, 5.74) is 2.37. The van der Waals surface area contributed by atoms with Gasteiger partial charge in [0.1, 0.15) is 0 Å². The standard InChI is InChI=1S/C20H31N3O2S/c1-4-17-8-5-6-12-23(17)13-7-11-21-20(26)22-18-14-16(19(24)25-3)10-9-15(18)2/h9-10,14,17H,4-8,11-13H2,1-3H3,(H2,21,22,26)/t17-/m0/s1. The number of benzene rings is 1. The van der Waals surface area contributed by atoms with E-state index in [9.17, 15) is 4.79 Å². The molecular weight excluding hydrogens is 346 g/mol. The number of carbonyl (C=O) groups excluding carboxylic acids is 1. The molecule has 5 nitrogen and oxygen atoms in total. The third kappa shape index (κ3) is 5.95. The van der Waals surface area contributed by atoms with Crippen LogP contribution in [0.1, 0.15) is 54.9 Å². The summed E-state index contributed by atoms with van der Waals surface area (Å²) in [7, 11) is 1.38. The summed E-state index contributed by atoms with van der Waals surface area (Å²) >= 11 is 5.40. The van der Waals surface area contributed by atoms with E-state index in [1.807, 2.05) is 13.0 Å². The van der Waals surface area contributed by atoms with Gasteiger partial charge in [-0.3, -0.25) is 0 Å². The lowest BCUT2D eigenvalue weighted by Gasteiger charge is -2.35. The van der Waals surface area contributed by atoms with E-state index in [-0.39, 0.29) is 5.97 Å². The molecule has 6 heteroatoms. The number of piperidine rings is 1. The van der Waals surface area contributed by atoms with Crippen molar-refractivity contribution >= 4 is 29.0 Å². The number of carbonyl (C=O) groups is 1. The Bertz CT molecular complexity index is 621. The molecule has 0 aromatic heterocycles. The summed E-state index contributed by atoms with van der Waals surface area (Å²) in [6.45, 7) is 7.44. The first-order chi connectivity index (χ1) is 12.5. The Hall–Kier alpha value is -1.66. The van der Waals surface area contributed by atoms with Crippen molar-refractivity contribution in [1.29, 1.82) is 0 Å². The van der Waals surface area contributed by atoms with Gasteiger partial charge in [0.2, 0.25) is 0 Å². The molecule has 0 bridgehead atoms. The number of ether oxygens (including phenoxy) is 1. The number of anilines is 1. The molecule has 0 amide bonds. The van der Waals surface area contributed by atoms with Gasteiger partial charge in [0.05, 0.1) is 12.7 Å². The molecule has 1 aliphatic heterocycles. The van der Waals surface area contributed by atoms with Gasteiger partial charge in [-0.05, 0) is 69.1 Å². The Labute approximate surface area is 162 Å². The SMILES string of the molecule is CC[C@H]1CCCCN1CCCNC(=S)Nc1cc(C(=O)OC)ccc1C. The predicted octanol–water partition coefficient (Wildman–Crippen LogP) is 3.72. The molecule has 1 heterocycles. The van der Waals surface area contributed by atoms with E-state index in [0.29, 0.717) is 10.7 Å². The van der Waals surface area contributed by atoms with Crippen LogP contribution in [-0.4, -0.2) is 48.8 Å². The van der Waals surface area contributed by atoms with Crippen molar-refractivity contribution in [2.45, 2.75) is 52.0 Å². The zero-order valence-electron chi connectivity index (χ0n) is 16.1. The Morgan fingerprint density at radius 3 is 2.92 bits per heavy atom. The zero-order chi connectivity index (χ0) is 18.9. The Morgan fingerprint density at radius 2 is 2.19 bits per heavy atom. The highest BCUT2D eigenvalue weighted by molar-refractivity contribution is 7.80. The average Bonchev–Trinajstić information content (AvgIpc) is 2.66. The summed E-state index contributed by atoms with van der Waals surface area (Å²) in [5, 5.41) is 7.04. The quantitative estimate of drug-likeness (QED) is 0.429. The predicted molar refractivity (Wildman–Crippen MR) is 111 cm³/mol. The number of hydrogen-bond acceptors (Lipinski definition) is 4. The van der Waals surface area contributed by atoms with E-state index in [4.69, 9.17) is 17.0 Å². The number of thiocarbonyl (C=S) groups is 1. The number of hydrogen-bond donors (Lipinski definition) is 2. The lowest BCUT2D eigenvalue weighted by Crippen LogP contribution is -2.41. The summed E-state index contributed by atoms with van der Waals surface area (Å²) in [4.78, 5) is 14.3. The van der Waals surface area contributed by atoms with Crippen LogP contribution < -0.4 is 10.6 Å². The van der Waals surface area contributed by atoms with Crippen molar-refractivity contribution in [2.75, 3.05) is 32.1 Å². The Morgan fingerprint density at radius 1 is 1.38 bits per heavy atom. The van der Waals surface area contributed by atoms with E-state index in [1.165, 1.54) is 39.3 Å². The van der Waals surface area contributed by atoms with Gasteiger partial charge in [0.15, 0.2) is 5.11 Å². The van der Waals surface area contributed by atoms with Crippen LogP contribution in [0.4, 0.5) is 5.69 Å². The number of nitrogens with one attached hydrogen (secondary N) is 2. The summed E-state index contributed by atoms with van der Waals surface area (Å²) < 4.78 is 4.77. The van der Waals surface area contributed by atoms with Gasteiger partial charge in [0, 0.05) is 24.8 Å². The minimum Gasteiger partial charge on any atom is -0.465 e. The van der Waals surface area contributed by atoms with Gasteiger partial charge in [-0.2, -0.15) is 0 Å². The van der Waals surface area contributed by atoms with Gasteiger partial charge in [-0.25, -0.2) is 4.79 Å². The molecule has 1 fully saturated rings. The monoisotopic (exact) mass is 377 g/mol. The van der Waals surface area contributed by atoms with Crippen LogP contribution in [0.2, 0.25) is 0 Å². The Kier molecular flexibility index (Phi) is 8.32. The molecule has 0 radical (unpaired) electrons. The first kappa shape index (κ1) is 20.6. The number of nitrogens with zero attached hydrogens (tertiary/aromatic N) is 1. The number of likely N-dealkylation sites (tertiary alicyclic amines) is 1. The van der Waals surface area contributed by atoms with Gasteiger partial charge < -0.3 is 20.3 Å². The minimum absolute atomic E-state index is 0.348. The van der Waals surface area contributed by atoms with Crippen molar-refractivity contribution in [2.24, 2.45) is 0 Å². The fraction of sp³-hybridized carbons (Fsp3) is 0.600. The van der Waals surface area contributed by atoms with Crippen molar-refractivity contribution in [1.82, 2.24) is 10.2 Å². The van der Waals surface area contributed by atoms with Gasteiger partial charge in [-0.1, -0.05) is 19.4 Å². The second-order valence-electron chi connectivity index (χ2n) is 6.85. The molecule has 2 N–H and O–H groups in total. The first-order valence-corrected chi connectivity index (χ1v) is 9.93. The third-order valence-electron chi connectivity index (χ3n) is 5.03. The minimum atomic E-state index is -0.348. The van der Waals surface area contributed by atoms with Crippen LogP contribution in [0.15, 0.2) is 18.2 Å². The van der Waals surface area contributed by atoms with E-state index >= 15 is 0 Å². The summed E-state index contributed by atoms with van der Waals surface area (Å²) in [6, 6.07) is 6.16. The van der Waals surface area contributed by atoms with E-state index < -0.39 is 0 Å². The maximum absolute atomic E-state index is 11.7. The highest BCUT2D eigenvalue weighted by atomic mass is 32.1. The number of methoxy groups -OCH3 is 1. The van der Waals surface area contributed by atoms with E-state index in [0.717, 1.165) is 36.8 Å². The molecule has 2 rings (SSSR count). The van der Waals surface area contributed by atoms with Crippen LogP contribution in [0.25, 0.3) is 0 Å². The molecule has 0 saturated carbocycles. The maximum atomic E-state index is 11.7. The van der Waals surface area contributed by atoms with Crippen molar-refractivity contribution in [3.63, 3.8) is 0 Å². The summed E-state index contributed by atoms with van der Waals surface area (Å²) in [6.07, 6.45) is 6.33. The van der Waals surface area contributed by atoms with Crippen molar-refractivity contribution in [3.8, 4) is 0 Å². The van der Waals surface area contributed by atoms with Gasteiger partial charge in [0.25, 0.3) is 0 Å². The molecule has 0 spiro atoms. The number of esters is 1. The van der Waals surface area contributed by atoms with Crippen LogP contribution in [-0.2, 0) is 4.74 Å². The number of aryl methyl sites for hydroxylation is 1. The van der Waals surface area contributed by atoms with Crippen molar-refractivity contribution < 1.29 is 9.53 Å². The summed E-state index contributed by atoms with van der Waals surface area (Å²) in [5.74, 6) is -0.348. The molecule has 1 aromatic carbocycles. The zero-order valence-corrected chi connectivity index (χ0v) is 17.0. The van der Waals surface area contributed by atoms with Gasteiger partial charge in [-0.15, -0.1) is 0 Å². The third-order valence-corrected chi connectivity index (χ3v) is 5.28. The lowest BCUT2D eigenvalue weighted by atomic mass is 10.00.